The van der Waals surface area contributed by atoms with E-state index in [1.165, 1.54) is 19.2 Å². The van der Waals surface area contributed by atoms with Gasteiger partial charge in [-0.15, -0.1) is 0 Å². The lowest BCUT2D eigenvalue weighted by molar-refractivity contribution is -0.144. The fourth-order valence-electron chi connectivity index (χ4n) is 1.35. The third-order valence-electron chi connectivity index (χ3n) is 2.34. The lowest BCUT2D eigenvalue weighted by Crippen LogP contribution is -2.17. The average molecular weight is 259 g/mol. The van der Waals surface area contributed by atoms with E-state index in [2.05, 4.69) is 4.74 Å². The van der Waals surface area contributed by atoms with Crippen molar-refractivity contribution in [3.05, 3.63) is 34.6 Å². The summed E-state index contributed by atoms with van der Waals surface area (Å²) in [7, 11) is 1.26. The largest absolute Gasteiger partial charge is 0.469 e. The van der Waals surface area contributed by atoms with Crippen molar-refractivity contribution in [3.8, 4) is 0 Å². The highest BCUT2D eigenvalue weighted by molar-refractivity contribution is 6.30. The third-order valence-corrected chi connectivity index (χ3v) is 2.64. The summed E-state index contributed by atoms with van der Waals surface area (Å²) >= 11 is 5.50. The zero-order chi connectivity index (χ0) is 13.0. The third kappa shape index (κ3) is 3.53. The minimum atomic E-state index is -0.650. The molecular formula is C12H12ClFO3. The summed E-state index contributed by atoms with van der Waals surface area (Å²) in [5.41, 5.74) is 0.197. The van der Waals surface area contributed by atoms with Crippen LogP contribution in [0.15, 0.2) is 18.2 Å². The molecule has 3 nitrogen and oxygen atoms in total. The van der Waals surface area contributed by atoms with Crippen molar-refractivity contribution in [1.29, 1.82) is 0 Å². The molecule has 1 atom stereocenters. The molecule has 0 aliphatic heterocycles. The molecule has 1 rings (SSSR count). The number of Topliss-reactive ketones (excluding diaryl/α,β-unsaturated/α-hetero) is 1. The number of esters is 1. The number of carbonyl (C=O) groups excluding carboxylic acids is 2. The second-order valence-corrected chi connectivity index (χ2v) is 4.09. The van der Waals surface area contributed by atoms with Crippen LogP contribution < -0.4 is 0 Å². The Bertz CT molecular complexity index is 445. The maximum Gasteiger partial charge on any atom is 0.308 e. The first-order valence-electron chi connectivity index (χ1n) is 5.01. The number of benzene rings is 1. The van der Waals surface area contributed by atoms with Gasteiger partial charge in [0.2, 0.25) is 0 Å². The van der Waals surface area contributed by atoms with Gasteiger partial charge in [-0.2, -0.15) is 0 Å². The van der Waals surface area contributed by atoms with Crippen molar-refractivity contribution in [1.82, 2.24) is 0 Å². The highest BCUT2D eigenvalue weighted by atomic mass is 35.5. The molecule has 0 heterocycles. The first-order valence-corrected chi connectivity index (χ1v) is 5.39. The lowest BCUT2D eigenvalue weighted by Gasteiger charge is -2.08. The normalized spacial score (nSPS) is 12.0. The molecule has 0 saturated heterocycles. The molecule has 1 aromatic carbocycles. The molecule has 0 amide bonds. The summed E-state index contributed by atoms with van der Waals surface area (Å²) in [5.74, 6) is -1.99. The number of carbonyl (C=O) groups is 2. The SMILES string of the molecule is COC(=O)C(C)CC(=O)c1ccc(Cl)c(F)c1. The van der Waals surface area contributed by atoms with Crippen molar-refractivity contribution >= 4 is 23.4 Å². The monoisotopic (exact) mass is 258 g/mol. The highest BCUT2D eigenvalue weighted by Crippen LogP contribution is 2.18. The maximum absolute atomic E-state index is 13.1. The second-order valence-electron chi connectivity index (χ2n) is 3.68. The summed E-state index contributed by atoms with van der Waals surface area (Å²) in [4.78, 5) is 22.9. The van der Waals surface area contributed by atoms with Gasteiger partial charge in [0.1, 0.15) is 5.82 Å². The van der Waals surface area contributed by atoms with Crippen LogP contribution in [-0.4, -0.2) is 18.9 Å². The number of hydrogen-bond acceptors (Lipinski definition) is 3. The van der Waals surface area contributed by atoms with Crippen LogP contribution in [0.4, 0.5) is 4.39 Å². The summed E-state index contributed by atoms with van der Waals surface area (Å²) in [5, 5.41) is -0.0393. The predicted octanol–water partition coefficient (Wildman–Crippen LogP) is 2.86. The van der Waals surface area contributed by atoms with Crippen LogP contribution in [0.25, 0.3) is 0 Å². The van der Waals surface area contributed by atoms with Crippen molar-refractivity contribution in [2.24, 2.45) is 5.92 Å². The molecule has 0 radical (unpaired) electrons. The molecular weight excluding hydrogens is 247 g/mol. The molecule has 0 saturated carbocycles. The van der Waals surface area contributed by atoms with Crippen molar-refractivity contribution in [2.45, 2.75) is 13.3 Å². The zero-order valence-electron chi connectivity index (χ0n) is 9.50. The van der Waals surface area contributed by atoms with Crippen LogP contribution in [0.1, 0.15) is 23.7 Å². The minimum Gasteiger partial charge on any atom is -0.469 e. The van der Waals surface area contributed by atoms with Gasteiger partial charge in [0.15, 0.2) is 5.78 Å². The first-order chi connectivity index (χ1) is 7.95. The van der Waals surface area contributed by atoms with Gasteiger partial charge in [0, 0.05) is 12.0 Å². The average Bonchev–Trinajstić information content (AvgIpc) is 2.31. The molecule has 1 unspecified atom stereocenters. The van der Waals surface area contributed by atoms with Crippen LogP contribution in [-0.2, 0) is 9.53 Å². The van der Waals surface area contributed by atoms with E-state index in [0.29, 0.717) is 0 Å². The Morgan fingerprint density at radius 2 is 2.12 bits per heavy atom. The summed E-state index contributed by atoms with van der Waals surface area (Å²) in [6, 6.07) is 3.80. The molecule has 0 spiro atoms. The fourth-order valence-corrected chi connectivity index (χ4v) is 1.47. The van der Waals surface area contributed by atoms with Gasteiger partial charge in [0.05, 0.1) is 18.1 Å². The van der Waals surface area contributed by atoms with Gasteiger partial charge >= 0.3 is 5.97 Å². The molecule has 5 heteroatoms. The van der Waals surface area contributed by atoms with Gasteiger partial charge < -0.3 is 4.74 Å². The van der Waals surface area contributed by atoms with Crippen LogP contribution in [0.2, 0.25) is 5.02 Å². The standard InChI is InChI=1S/C12H12ClFO3/c1-7(12(16)17-2)5-11(15)8-3-4-9(13)10(14)6-8/h3-4,6-7H,5H2,1-2H3. The number of ether oxygens (including phenoxy) is 1. The zero-order valence-corrected chi connectivity index (χ0v) is 10.3. The number of hydrogen-bond donors (Lipinski definition) is 0. The van der Waals surface area contributed by atoms with Gasteiger partial charge in [-0.05, 0) is 18.2 Å². The molecule has 0 fully saturated rings. The van der Waals surface area contributed by atoms with Gasteiger partial charge in [-0.1, -0.05) is 18.5 Å². The first kappa shape index (κ1) is 13.6. The van der Waals surface area contributed by atoms with Crippen LogP contribution in [0.5, 0.6) is 0 Å². The predicted molar refractivity (Wildman–Crippen MR) is 61.5 cm³/mol. The van der Waals surface area contributed by atoms with E-state index in [0.717, 1.165) is 6.07 Å². The quantitative estimate of drug-likeness (QED) is 0.616. The Labute approximate surface area is 104 Å². The molecule has 0 aromatic heterocycles. The summed E-state index contributed by atoms with van der Waals surface area (Å²) in [6.07, 6.45) is -0.0201. The van der Waals surface area contributed by atoms with E-state index in [1.54, 1.807) is 6.92 Å². The minimum absolute atomic E-state index is 0.0201. The van der Waals surface area contributed by atoms with Crippen LogP contribution in [0.3, 0.4) is 0 Å². The number of methoxy groups -OCH3 is 1. The molecule has 92 valence electrons. The van der Waals surface area contributed by atoms with E-state index >= 15 is 0 Å². The van der Waals surface area contributed by atoms with Crippen LogP contribution in [0, 0.1) is 11.7 Å². The smallest absolute Gasteiger partial charge is 0.308 e. The Hall–Kier alpha value is -1.42. The lowest BCUT2D eigenvalue weighted by atomic mass is 10.00. The topological polar surface area (TPSA) is 43.4 Å². The number of ketones is 1. The molecule has 0 aliphatic carbocycles. The van der Waals surface area contributed by atoms with Crippen LogP contribution >= 0.6 is 11.6 Å². The number of halogens is 2. The Kier molecular flexibility index (Phi) is 4.63. The van der Waals surface area contributed by atoms with E-state index in [-0.39, 0.29) is 22.8 Å². The molecule has 1 aromatic rings. The van der Waals surface area contributed by atoms with E-state index in [9.17, 15) is 14.0 Å². The Morgan fingerprint density at radius 1 is 1.47 bits per heavy atom. The number of rotatable bonds is 4. The molecule has 0 bridgehead atoms. The summed E-state index contributed by atoms with van der Waals surface area (Å²) in [6.45, 7) is 1.58. The maximum atomic E-state index is 13.1. The summed E-state index contributed by atoms with van der Waals surface area (Å²) < 4.78 is 17.6. The highest BCUT2D eigenvalue weighted by Gasteiger charge is 2.19. The van der Waals surface area contributed by atoms with Gasteiger partial charge in [-0.3, -0.25) is 9.59 Å². The second kappa shape index (κ2) is 5.77. The fraction of sp³-hybridized carbons (Fsp3) is 0.333. The van der Waals surface area contributed by atoms with E-state index in [4.69, 9.17) is 11.6 Å². The van der Waals surface area contributed by atoms with Crippen molar-refractivity contribution in [3.63, 3.8) is 0 Å². The van der Waals surface area contributed by atoms with Gasteiger partial charge in [-0.25, -0.2) is 4.39 Å². The Balaban J connectivity index is 2.76. The van der Waals surface area contributed by atoms with E-state index in [1.807, 2.05) is 0 Å². The molecule has 0 aliphatic rings. The van der Waals surface area contributed by atoms with E-state index < -0.39 is 17.7 Å². The molecule has 17 heavy (non-hydrogen) atoms. The van der Waals surface area contributed by atoms with Crippen molar-refractivity contribution in [2.75, 3.05) is 7.11 Å². The Morgan fingerprint density at radius 3 is 2.65 bits per heavy atom. The molecule has 0 N–H and O–H groups in total. The van der Waals surface area contributed by atoms with Crippen molar-refractivity contribution < 1.29 is 18.7 Å². The van der Waals surface area contributed by atoms with Gasteiger partial charge in [0.25, 0.3) is 0 Å².